The minimum absolute atomic E-state index is 1.22. The molecule has 0 amide bonds. The first-order valence-electron chi connectivity index (χ1n) is 16.9. The van der Waals surface area contributed by atoms with Gasteiger partial charge in [0.25, 0.3) is 0 Å². The highest BCUT2D eigenvalue weighted by atomic mass is 32.1. The van der Waals surface area contributed by atoms with E-state index in [1.807, 2.05) is 11.3 Å². The minimum Gasteiger partial charge on any atom is -0.135 e. The van der Waals surface area contributed by atoms with Gasteiger partial charge in [-0.3, -0.25) is 0 Å². The van der Waals surface area contributed by atoms with Crippen molar-refractivity contribution < 1.29 is 0 Å². The maximum atomic E-state index is 2.32. The molecule has 10 rings (SSSR count). The second kappa shape index (κ2) is 11.3. The van der Waals surface area contributed by atoms with Gasteiger partial charge >= 0.3 is 0 Å². The van der Waals surface area contributed by atoms with E-state index in [0.29, 0.717) is 0 Å². The highest BCUT2D eigenvalue weighted by molar-refractivity contribution is 7.26. The summed E-state index contributed by atoms with van der Waals surface area (Å²) < 4.78 is 2.68. The molecule has 0 nitrogen and oxygen atoms in total. The van der Waals surface area contributed by atoms with Gasteiger partial charge in [0.1, 0.15) is 0 Å². The maximum absolute atomic E-state index is 2.32. The van der Waals surface area contributed by atoms with E-state index in [9.17, 15) is 0 Å². The summed E-state index contributed by atoms with van der Waals surface area (Å²) in [4.78, 5) is 0. The van der Waals surface area contributed by atoms with E-state index in [4.69, 9.17) is 0 Å². The number of hydrogen-bond acceptors (Lipinski definition) is 1. The Kier molecular flexibility index (Phi) is 6.47. The van der Waals surface area contributed by atoms with Gasteiger partial charge in [-0.15, -0.1) is 11.3 Å². The van der Waals surface area contributed by atoms with Crippen LogP contribution in [0.15, 0.2) is 182 Å². The van der Waals surface area contributed by atoms with Crippen molar-refractivity contribution in [3.8, 4) is 44.5 Å². The molecule has 0 unspecified atom stereocenters. The van der Waals surface area contributed by atoms with Gasteiger partial charge in [-0.1, -0.05) is 176 Å². The Morgan fingerprint density at radius 1 is 0.265 bits per heavy atom. The summed E-state index contributed by atoms with van der Waals surface area (Å²) in [5.74, 6) is 0. The van der Waals surface area contributed by atoms with Gasteiger partial charge in [-0.2, -0.15) is 0 Å². The van der Waals surface area contributed by atoms with Crippen LogP contribution in [0, 0.1) is 0 Å². The SMILES string of the molecule is c1ccc(-c2cccc3ccccc23)c(-c2ccc(-c3c4ccccc4c(-c4cccc5c4sc4ccccc45)c4ccccc34)cc2)c1. The highest BCUT2D eigenvalue weighted by Crippen LogP contribution is 2.48. The summed E-state index contributed by atoms with van der Waals surface area (Å²) in [5, 5.41) is 10.3. The first kappa shape index (κ1) is 28.0. The second-order valence-electron chi connectivity index (χ2n) is 12.8. The predicted molar refractivity (Wildman–Crippen MR) is 214 cm³/mol. The Hall–Kier alpha value is -6.02. The Balaban J connectivity index is 1.17. The number of hydrogen-bond donors (Lipinski definition) is 0. The number of benzene rings is 9. The van der Waals surface area contributed by atoms with Gasteiger partial charge in [-0.25, -0.2) is 0 Å². The molecule has 1 heteroatoms. The zero-order valence-electron chi connectivity index (χ0n) is 26.7. The van der Waals surface area contributed by atoms with Crippen molar-refractivity contribution in [1.82, 2.24) is 0 Å². The molecule has 10 aromatic rings. The molecule has 1 aromatic heterocycles. The topological polar surface area (TPSA) is 0 Å². The fourth-order valence-electron chi connectivity index (χ4n) is 7.92. The first-order valence-corrected chi connectivity index (χ1v) is 17.7. The summed E-state index contributed by atoms with van der Waals surface area (Å²) in [7, 11) is 0. The van der Waals surface area contributed by atoms with Crippen LogP contribution in [-0.4, -0.2) is 0 Å². The Morgan fingerprint density at radius 3 is 1.47 bits per heavy atom. The van der Waals surface area contributed by atoms with Crippen LogP contribution in [0.5, 0.6) is 0 Å². The van der Waals surface area contributed by atoms with Crippen molar-refractivity contribution in [3.63, 3.8) is 0 Å². The molecular formula is C48H30S. The quantitative estimate of drug-likeness (QED) is 0.168. The zero-order chi connectivity index (χ0) is 32.3. The van der Waals surface area contributed by atoms with Crippen molar-refractivity contribution in [1.29, 1.82) is 0 Å². The lowest BCUT2D eigenvalue weighted by Crippen LogP contribution is -1.91. The van der Waals surface area contributed by atoms with E-state index < -0.39 is 0 Å². The van der Waals surface area contributed by atoms with Crippen LogP contribution in [-0.2, 0) is 0 Å². The maximum Gasteiger partial charge on any atom is 0.0434 e. The number of thiophene rings is 1. The molecule has 0 N–H and O–H groups in total. The van der Waals surface area contributed by atoms with Crippen molar-refractivity contribution in [2.24, 2.45) is 0 Å². The van der Waals surface area contributed by atoms with E-state index in [-0.39, 0.29) is 0 Å². The van der Waals surface area contributed by atoms with Crippen LogP contribution in [0.2, 0.25) is 0 Å². The van der Waals surface area contributed by atoms with E-state index in [2.05, 4.69) is 182 Å². The minimum atomic E-state index is 1.22. The molecule has 1 heterocycles. The normalized spacial score (nSPS) is 11.7. The van der Waals surface area contributed by atoms with E-state index in [1.165, 1.54) is 97.0 Å². The van der Waals surface area contributed by atoms with Crippen LogP contribution in [0.3, 0.4) is 0 Å². The van der Waals surface area contributed by atoms with Crippen molar-refractivity contribution >= 4 is 63.8 Å². The van der Waals surface area contributed by atoms with Gasteiger partial charge in [-0.05, 0) is 77.3 Å². The molecule has 0 fully saturated rings. The van der Waals surface area contributed by atoms with E-state index in [0.717, 1.165) is 0 Å². The lowest BCUT2D eigenvalue weighted by Gasteiger charge is -2.18. The van der Waals surface area contributed by atoms with E-state index >= 15 is 0 Å². The molecule has 0 bridgehead atoms. The Labute approximate surface area is 289 Å². The van der Waals surface area contributed by atoms with Gasteiger partial charge in [0, 0.05) is 25.7 Å². The average molecular weight is 639 g/mol. The molecule has 0 radical (unpaired) electrons. The van der Waals surface area contributed by atoms with Crippen molar-refractivity contribution in [2.75, 3.05) is 0 Å². The summed E-state index contributed by atoms with van der Waals surface area (Å²) in [6.45, 7) is 0. The molecule has 49 heavy (non-hydrogen) atoms. The van der Waals surface area contributed by atoms with Gasteiger partial charge in [0.2, 0.25) is 0 Å². The van der Waals surface area contributed by atoms with Crippen LogP contribution >= 0.6 is 11.3 Å². The first-order chi connectivity index (χ1) is 24.3. The molecule has 0 saturated heterocycles. The third-order valence-electron chi connectivity index (χ3n) is 10.1. The Morgan fingerprint density at radius 2 is 0.735 bits per heavy atom. The predicted octanol–water partition coefficient (Wildman–Crippen LogP) is 14.2. The summed E-state index contributed by atoms with van der Waals surface area (Å²) in [5.41, 5.74) is 10.1. The third kappa shape index (κ3) is 4.44. The molecule has 228 valence electrons. The van der Waals surface area contributed by atoms with Gasteiger partial charge in [0.15, 0.2) is 0 Å². The average Bonchev–Trinajstić information content (AvgIpc) is 3.56. The van der Waals surface area contributed by atoms with Crippen LogP contribution in [0.1, 0.15) is 0 Å². The fourth-order valence-corrected chi connectivity index (χ4v) is 9.14. The standard InChI is InChI=1S/C48H30S/c1-2-15-34-31(13-1)14-11-23-37(34)36-17-4-3-16-35(36)32-27-29-33(30-28-32)46-39-19-5-7-21-41(39)47(42-22-8-6-20-40(42)46)44-25-12-24-43-38-18-9-10-26-45(38)49-48(43)44/h1-30H. The monoisotopic (exact) mass is 638 g/mol. The molecule has 0 saturated carbocycles. The molecule has 0 aliphatic carbocycles. The van der Waals surface area contributed by atoms with Crippen molar-refractivity contribution in [2.45, 2.75) is 0 Å². The second-order valence-corrected chi connectivity index (χ2v) is 13.8. The number of rotatable bonds is 4. The molecule has 9 aromatic carbocycles. The lowest BCUT2D eigenvalue weighted by molar-refractivity contribution is 1.59. The summed E-state index contributed by atoms with van der Waals surface area (Å²) >= 11 is 1.90. The zero-order valence-corrected chi connectivity index (χ0v) is 27.5. The summed E-state index contributed by atoms with van der Waals surface area (Å²) in [6.07, 6.45) is 0. The van der Waals surface area contributed by atoms with Crippen LogP contribution in [0.25, 0.3) is 97.0 Å². The molecule has 0 aliphatic rings. The number of fused-ring (bicyclic) bond motifs is 6. The van der Waals surface area contributed by atoms with Crippen LogP contribution in [0.4, 0.5) is 0 Å². The lowest BCUT2D eigenvalue weighted by atomic mass is 9.85. The van der Waals surface area contributed by atoms with Gasteiger partial charge < -0.3 is 0 Å². The third-order valence-corrected chi connectivity index (χ3v) is 11.3. The van der Waals surface area contributed by atoms with E-state index in [1.54, 1.807) is 0 Å². The molecular weight excluding hydrogens is 609 g/mol. The smallest absolute Gasteiger partial charge is 0.0434 e. The molecule has 0 atom stereocenters. The Bertz CT molecular complexity index is 2810. The highest BCUT2D eigenvalue weighted by Gasteiger charge is 2.19. The molecule has 0 spiro atoms. The van der Waals surface area contributed by atoms with Gasteiger partial charge in [0.05, 0.1) is 0 Å². The fraction of sp³-hybridized carbons (Fsp3) is 0. The van der Waals surface area contributed by atoms with Crippen LogP contribution < -0.4 is 0 Å². The molecule has 0 aliphatic heterocycles. The van der Waals surface area contributed by atoms with Crippen molar-refractivity contribution in [3.05, 3.63) is 182 Å². The largest absolute Gasteiger partial charge is 0.135 e. The summed E-state index contributed by atoms with van der Waals surface area (Å²) in [6, 6.07) is 66.8.